The topological polar surface area (TPSA) is 106 Å². The quantitative estimate of drug-likeness (QED) is 0.582. The number of hydrogen-bond donors (Lipinski definition) is 1. The molecule has 0 unspecified atom stereocenters. The number of hydrogen-bond acceptors (Lipinski definition) is 6. The van der Waals surface area contributed by atoms with E-state index in [0.717, 1.165) is 11.1 Å². The van der Waals surface area contributed by atoms with E-state index in [1.165, 1.54) is 4.31 Å². The largest absolute Gasteiger partial charge is 0.497 e. The number of fused-ring (bicyclic) bond motifs is 2. The van der Waals surface area contributed by atoms with Gasteiger partial charge in [-0.1, -0.05) is 54.1 Å². The fraction of sp³-hybridized carbons (Fsp3) is 0.148. The highest BCUT2D eigenvalue weighted by Gasteiger charge is 2.47. The average molecular weight is 486 g/mol. The third-order valence-corrected chi connectivity index (χ3v) is 8.10. The molecule has 0 aromatic heterocycles. The average Bonchev–Trinajstić information content (AvgIpc) is 2.86. The highest BCUT2D eigenvalue weighted by atomic mass is 32.2. The van der Waals surface area contributed by atoms with Gasteiger partial charge in [0.05, 0.1) is 25.3 Å². The molecule has 35 heavy (non-hydrogen) atoms. The third-order valence-electron chi connectivity index (χ3n) is 6.22. The molecule has 3 aromatic rings. The Labute approximate surface area is 204 Å². The predicted molar refractivity (Wildman–Crippen MR) is 133 cm³/mol. The lowest BCUT2D eigenvalue weighted by molar-refractivity contribution is 0.357. The molecule has 2 aliphatic heterocycles. The lowest BCUT2D eigenvalue weighted by Gasteiger charge is -2.38. The highest BCUT2D eigenvalue weighted by molar-refractivity contribution is 7.96. The van der Waals surface area contributed by atoms with Crippen molar-refractivity contribution in [3.63, 3.8) is 0 Å². The summed E-state index contributed by atoms with van der Waals surface area (Å²) in [6, 6.07) is 23.9. The maximum Gasteiger partial charge on any atom is 0.265 e. The molecule has 2 N–H and O–H groups in total. The molecule has 0 saturated heterocycles. The van der Waals surface area contributed by atoms with Crippen molar-refractivity contribution < 1.29 is 17.9 Å². The SMILES string of the molecule is COc1ccc([C@@H]2C(C#N)=C(N)OC3=C2S(=O)(=O)N(Cc2cccc(C)c2)c2ccccc23)cc1. The number of ether oxygens (including phenoxy) is 2. The number of nitrogens with zero attached hydrogens (tertiary/aromatic N) is 2. The van der Waals surface area contributed by atoms with E-state index in [2.05, 4.69) is 6.07 Å². The summed E-state index contributed by atoms with van der Waals surface area (Å²) in [6.07, 6.45) is 0. The zero-order valence-electron chi connectivity index (χ0n) is 19.2. The summed E-state index contributed by atoms with van der Waals surface area (Å²) >= 11 is 0. The number of para-hydroxylation sites is 1. The molecule has 5 rings (SSSR count). The number of nitriles is 1. The monoisotopic (exact) mass is 485 g/mol. The molecule has 7 nitrogen and oxygen atoms in total. The van der Waals surface area contributed by atoms with Crippen molar-refractivity contribution in [1.29, 1.82) is 5.26 Å². The van der Waals surface area contributed by atoms with Crippen LogP contribution in [0.25, 0.3) is 5.76 Å². The third kappa shape index (κ3) is 3.70. The van der Waals surface area contributed by atoms with Gasteiger partial charge in [-0.25, -0.2) is 8.42 Å². The predicted octanol–water partition coefficient (Wildman–Crippen LogP) is 4.53. The Kier molecular flexibility index (Phi) is 5.50. The molecule has 0 spiro atoms. The van der Waals surface area contributed by atoms with Gasteiger partial charge in [-0.2, -0.15) is 5.26 Å². The van der Waals surface area contributed by atoms with E-state index in [4.69, 9.17) is 15.2 Å². The minimum Gasteiger partial charge on any atom is -0.497 e. The number of anilines is 1. The zero-order valence-corrected chi connectivity index (χ0v) is 20.0. The van der Waals surface area contributed by atoms with Crippen LogP contribution in [0.3, 0.4) is 0 Å². The summed E-state index contributed by atoms with van der Waals surface area (Å²) in [5.41, 5.74) is 9.79. The minimum absolute atomic E-state index is 0.000213. The van der Waals surface area contributed by atoms with Crippen LogP contribution in [-0.4, -0.2) is 15.5 Å². The molecule has 1 atom stereocenters. The van der Waals surface area contributed by atoms with Crippen molar-refractivity contribution in [1.82, 2.24) is 0 Å². The van der Waals surface area contributed by atoms with Gasteiger partial charge in [0.25, 0.3) is 10.0 Å². The maximum atomic E-state index is 14.3. The van der Waals surface area contributed by atoms with Crippen molar-refractivity contribution >= 4 is 21.5 Å². The van der Waals surface area contributed by atoms with Crippen LogP contribution in [0.15, 0.2) is 89.2 Å². The van der Waals surface area contributed by atoms with Gasteiger partial charge in [0.15, 0.2) is 5.76 Å². The van der Waals surface area contributed by atoms with Crippen LogP contribution < -0.4 is 14.8 Å². The van der Waals surface area contributed by atoms with Crippen LogP contribution in [0.1, 0.15) is 28.2 Å². The second kappa shape index (κ2) is 8.53. The first-order valence-electron chi connectivity index (χ1n) is 11.0. The lowest BCUT2D eigenvalue weighted by atomic mass is 9.88. The molecule has 2 aliphatic rings. The van der Waals surface area contributed by atoms with Gasteiger partial charge in [0, 0.05) is 5.56 Å². The highest BCUT2D eigenvalue weighted by Crippen LogP contribution is 2.51. The van der Waals surface area contributed by atoms with E-state index >= 15 is 0 Å². The molecular formula is C27H23N3O4S. The van der Waals surface area contributed by atoms with E-state index in [1.807, 2.05) is 37.3 Å². The Morgan fingerprint density at radius 1 is 1.09 bits per heavy atom. The molecule has 0 aliphatic carbocycles. The Hall–Kier alpha value is -4.22. The first-order chi connectivity index (χ1) is 16.8. The second-order valence-corrected chi connectivity index (χ2v) is 10.2. The number of allylic oxidation sites excluding steroid dienone is 2. The Morgan fingerprint density at radius 2 is 1.83 bits per heavy atom. The summed E-state index contributed by atoms with van der Waals surface area (Å²) < 4.78 is 41.0. The molecule has 0 fully saturated rings. The van der Waals surface area contributed by atoms with E-state index < -0.39 is 15.9 Å². The van der Waals surface area contributed by atoms with E-state index in [-0.39, 0.29) is 28.7 Å². The lowest BCUT2D eigenvalue weighted by Crippen LogP contribution is -2.39. The number of sulfonamides is 1. The fourth-order valence-electron chi connectivity index (χ4n) is 4.59. The Balaban J connectivity index is 1.74. The molecule has 0 saturated carbocycles. The molecule has 0 radical (unpaired) electrons. The summed E-state index contributed by atoms with van der Waals surface area (Å²) in [5.74, 6) is -0.265. The van der Waals surface area contributed by atoms with Crippen molar-refractivity contribution in [2.75, 3.05) is 11.4 Å². The first kappa shape index (κ1) is 22.6. The molecule has 0 amide bonds. The number of benzene rings is 3. The van der Waals surface area contributed by atoms with Gasteiger partial charge < -0.3 is 15.2 Å². The standard InChI is InChI=1S/C27H23N3O4S/c1-17-6-5-7-18(14-17)16-30-23-9-4-3-8-21(23)25-26(35(30,31)32)24(22(15-28)27(29)34-25)19-10-12-20(33-2)13-11-19/h3-14,24H,16,29H2,1-2H3/t24-/m1/s1. The van der Waals surface area contributed by atoms with E-state index in [1.54, 1.807) is 49.6 Å². The maximum absolute atomic E-state index is 14.3. The molecular weight excluding hydrogens is 462 g/mol. The van der Waals surface area contributed by atoms with Crippen molar-refractivity contribution in [2.24, 2.45) is 5.73 Å². The molecule has 0 bridgehead atoms. The van der Waals surface area contributed by atoms with E-state index in [9.17, 15) is 13.7 Å². The normalized spacial score (nSPS) is 18.3. The van der Waals surface area contributed by atoms with Gasteiger partial charge in [-0.15, -0.1) is 0 Å². The van der Waals surface area contributed by atoms with E-state index in [0.29, 0.717) is 22.6 Å². The first-order valence-corrected chi connectivity index (χ1v) is 12.4. The van der Waals surface area contributed by atoms with Crippen molar-refractivity contribution in [3.8, 4) is 11.8 Å². The number of methoxy groups -OCH3 is 1. The summed E-state index contributed by atoms with van der Waals surface area (Å²) in [5, 5.41) is 9.96. The molecule has 8 heteroatoms. The van der Waals surface area contributed by atoms with Gasteiger partial charge in [-0.05, 0) is 42.3 Å². The zero-order chi connectivity index (χ0) is 24.7. The molecule has 3 aromatic carbocycles. The summed E-state index contributed by atoms with van der Waals surface area (Å²) in [7, 11) is -2.56. The number of rotatable bonds is 4. The van der Waals surface area contributed by atoms with Gasteiger partial charge in [0.2, 0.25) is 5.88 Å². The van der Waals surface area contributed by atoms with Crippen LogP contribution in [0, 0.1) is 18.3 Å². The molecule has 176 valence electrons. The Morgan fingerprint density at radius 3 is 2.51 bits per heavy atom. The van der Waals surface area contributed by atoms with Crippen LogP contribution in [0.5, 0.6) is 5.75 Å². The van der Waals surface area contributed by atoms with Gasteiger partial charge in [0.1, 0.15) is 22.3 Å². The minimum atomic E-state index is -4.11. The van der Waals surface area contributed by atoms with Gasteiger partial charge >= 0.3 is 0 Å². The summed E-state index contributed by atoms with van der Waals surface area (Å²) in [4.78, 5) is -0.000213. The van der Waals surface area contributed by atoms with Crippen molar-refractivity contribution in [2.45, 2.75) is 19.4 Å². The number of nitrogens with two attached hydrogens (primary N) is 1. The van der Waals surface area contributed by atoms with Gasteiger partial charge in [-0.3, -0.25) is 4.31 Å². The van der Waals surface area contributed by atoms with Crippen LogP contribution >= 0.6 is 0 Å². The van der Waals surface area contributed by atoms with Crippen LogP contribution in [-0.2, 0) is 21.3 Å². The number of aryl methyl sites for hydroxylation is 1. The van der Waals surface area contributed by atoms with Crippen LogP contribution in [0.2, 0.25) is 0 Å². The smallest absolute Gasteiger partial charge is 0.265 e. The van der Waals surface area contributed by atoms with Crippen molar-refractivity contribution in [3.05, 3.63) is 111 Å². The van der Waals surface area contributed by atoms with Crippen LogP contribution in [0.4, 0.5) is 5.69 Å². The summed E-state index contributed by atoms with van der Waals surface area (Å²) in [6.45, 7) is 2.10. The second-order valence-electron chi connectivity index (χ2n) is 8.41. The fourth-order valence-corrected chi connectivity index (χ4v) is 6.50. The Bertz CT molecular complexity index is 1530. The molecule has 2 heterocycles.